The maximum absolute atomic E-state index is 12.8. The summed E-state index contributed by atoms with van der Waals surface area (Å²) in [4.78, 5) is 12.3. The zero-order valence-electron chi connectivity index (χ0n) is 17.4. The van der Waals surface area contributed by atoms with Crippen LogP contribution in [0.2, 0.25) is 0 Å². The molecule has 0 radical (unpaired) electrons. The highest BCUT2D eigenvalue weighted by molar-refractivity contribution is 7.89. The monoisotopic (exact) mass is 447 g/mol. The molecule has 0 heterocycles. The molecule has 0 aromatic heterocycles. The van der Waals surface area contributed by atoms with Gasteiger partial charge >= 0.3 is 0 Å². The number of carbonyl (C=O) groups excluding carboxylic acids is 1. The highest BCUT2D eigenvalue weighted by atomic mass is 32.2. The molecular weight excluding hydrogens is 418 g/mol. The van der Waals surface area contributed by atoms with Crippen LogP contribution in [0.1, 0.15) is 38.7 Å². The van der Waals surface area contributed by atoms with Crippen LogP contribution in [0.4, 0.5) is 5.69 Å². The number of nitrogens with one attached hydrogen (secondary N) is 2. The molecule has 0 unspecified atom stereocenters. The van der Waals surface area contributed by atoms with Gasteiger partial charge in [0, 0.05) is 25.2 Å². The lowest BCUT2D eigenvalue weighted by atomic mass is 10.1. The molecule has 2 aromatic rings. The summed E-state index contributed by atoms with van der Waals surface area (Å²) in [5, 5.41) is 5.75. The van der Waals surface area contributed by atoms with Crippen molar-refractivity contribution in [3.63, 3.8) is 0 Å². The van der Waals surface area contributed by atoms with Gasteiger partial charge in [-0.05, 0) is 61.3 Å². The van der Waals surface area contributed by atoms with Crippen molar-refractivity contribution < 1.29 is 13.2 Å². The van der Waals surface area contributed by atoms with Crippen LogP contribution < -0.4 is 10.6 Å². The second-order valence-electron chi connectivity index (χ2n) is 6.92. The van der Waals surface area contributed by atoms with Crippen molar-refractivity contribution >= 4 is 38.9 Å². The van der Waals surface area contributed by atoms with Gasteiger partial charge in [0.15, 0.2) is 5.11 Å². The average Bonchev–Trinajstić information content (AvgIpc) is 2.73. The first-order valence-corrected chi connectivity index (χ1v) is 12.0. The SMILES string of the molecule is CCCN(CCC)S(=O)(=O)c1ccc(NC(=S)NC(=O)CCc2ccccc2)cc1. The molecule has 2 N–H and O–H groups in total. The number of amides is 1. The lowest BCUT2D eigenvalue weighted by Gasteiger charge is -2.21. The highest BCUT2D eigenvalue weighted by Gasteiger charge is 2.22. The van der Waals surface area contributed by atoms with Gasteiger partial charge in [-0.15, -0.1) is 0 Å². The topological polar surface area (TPSA) is 78.5 Å². The molecule has 0 aliphatic carbocycles. The summed E-state index contributed by atoms with van der Waals surface area (Å²) in [6.45, 7) is 4.91. The minimum absolute atomic E-state index is 0.176. The maximum Gasteiger partial charge on any atom is 0.243 e. The Labute approximate surface area is 184 Å². The number of nitrogens with zero attached hydrogens (tertiary/aromatic N) is 1. The summed E-state index contributed by atoms with van der Waals surface area (Å²) < 4.78 is 27.1. The van der Waals surface area contributed by atoms with E-state index in [0.29, 0.717) is 31.6 Å². The van der Waals surface area contributed by atoms with E-state index in [4.69, 9.17) is 12.2 Å². The molecule has 6 nitrogen and oxygen atoms in total. The molecule has 0 spiro atoms. The van der Waals surface area contributed by atoms with E-state index in [1.807, 2.05) is 44.2 Å². The zero-order chi connectivity index (χ0) is 22.0. The smallest absolute Gasteiger partial charge is 0.243 e. The molecule has 30 heavy (non-hydrogen) atoms. The molecule has 0 bridgehead atoms. The number of anilines is 1. The molecule has 2 aromatic carbocycles. The summed E-state index contributed by atoms with van der Waals surface area (Å²) >= 11 is 5.19. The first-order valence-electron chi connectivity index (χ1n) is 10.1. The Morgan fingerprint density at radius 2 is 1.57 bits per heavy atom. The van der Waals surface area contributed by atoms with Gasteiger partial charge in [-0.3, -0.25) is 4.79 Å². The molecule has 8 heteroatoms. The standard InChI is InChI=1S/C22H29N3O3S2/c1-3-16-25(17-4-2)30(27,28)20-13-11-19(12-14-20)23-22(29)24-21(26)15-10-18-8-6-5-7-9-18/h5-9,11-14H,3-4,10,15-17H2,1-2H3,(H2,23,24,26,29). The normalized spacial score (nSPS) is 11.3. The Bertz CT molecular complexity index is 924. The van der Waals surface area contributed by atoms with Gasteiger partial charge < -0.3 is 10.6 Å². The second kappa shape index (κ2) is 11.8. The van der Waals surface area contributed by atoms with Crippen molar-refractivity contribution in [1.29, 1.82) is 0 Å². The van der Waals surface area contributed by atoms with Gasteiger partial charge in [-0.1, -0.05) is 44.2 Å². The van der Waals surface area contributed by atoms with Crippen molar-refractivity contribution in [3.8, 4) is 0 Å². The average molecular weight is 448 g/mol. The highest BCUT2D eigenvalue weighted by Crippen LogP contribution is 2.19. The third-order valence-electron chi connectivity index (χ3n) is 4.43. The van der Waals surface area contributed by atoms with Crippen LogP contribution in [0.5, 0.6) is 0 Å². The summed E-state index contributed by atoms with van der Waals surface area (Å²) in [6.07, 6.45) is 2.48. The molecule has 0 aliphatic heterocycles. The summed E-state index contributed by atoms with van der Waals surface area (Å²) in [7, 11) is -3.52. The Kier molecular flexibility index (Phi) is 9.42. The van der Waals surface area contributed by atoms with Crippen molar-refractivity contribution in [3.05, 3.63) is 60.2 Å². The summed E-state index contributed by atoms with van der Waals surface area (Å²) in [6, 6.07) is 16.1. The van der Waals surface area contributed by atoms with Crippen molar-refractivity contribution in [2.24, 2.45) is 0 Å². The van der Waals surface area contributed by atoms with Crippen LogP contribution in [-0.2, 0) is 21.2 Å². The number of rotatable bonds is 10. The fourth-order valence-electron chi connectivity index (χ4n) is 2.96. The van der Waals surface area contributed by atoms with Gasteiger partial charge in [-0.2, -0.15) is 4.31 Å². The lowest BCUT2D eigenvalue weighted by molar-refractivity contribution is -0.119. The number of benzene rings is 2. The van der Waals surface area contributed by atoms with Gasteiger partial charge in [0.25, 0.3) is 0 Å². The second-order valence-corrected chi connectivity index (χ2v) is 9.26. The Morgan fingerprint density at radius 1 is 0.967 bits per heavy atom. The number of thiocarbonyl (C=S) groups is 1. The molecule has 2 rings (SSSR count). The van der Waals surface area contributed by atoms with E-state index in [9.17, 15) is 13.2 Å². The number of hydrogen-bond acceptors (Lipinski definition) is 4. The quantitative estimate of drug-likeness (QED) is 0.540. The van der Waals surface area contributed by atoms with Crippen LogP contribution in [0.3, 0.4) is 0 Å². The number of hydrogen-bond donors (Lipinski definition) is 2. The predicted octanol–water partition coefficient (Wildman–Crippen LogP) is 3.94. The lowest BCUT2D eigenvalue weighted by Crippen LogP contribution is -2.34. The van der Waals surface area contributed by atoms with Gasteiger partial charge in [0.1, 0.15) is 0 Å². The molecule has 0 aliphatic rings. The molecule has 0 saturated heterocycles. The zero-order valence-corrected chi connectivity index (χ0v) is 19.1. The number of carbonyl (C=O) groups is 1. The first-order chi connectivity index (χ1) is 14.4. The number of sulfonamides is 1. The summed E-state index contributed by atoms with van der Waals surface area (Å²) in [5.74, 6) is -0.176. The molecule has 0 fully saturated rings. The van der Waals surface area contributed by atoms with Crippen LogP contribution in [0, 0.1) is 0 Å². The van der Waals surface area contributed by atoms with Crippen LogP contribution in [-0.4, -0.2) is 36.8 Å². The first kappa shape index (κ1) is 24.0. The van der Waals surface area contributed by atoms with Gasteiger partial charge in [0.05, 0.1) is 4.90 Å². The van der Waals surface area contributed by atoms with E-state index in [1.165, 1.54) is 4.31 Å². The maximum atomic E-state index is 12.8. The van der Waals surface area contributed by atoms with E-state index >= 15 is 0 Å². The minimum Gasteiger partial charge on any atom is -0.332 e. The van der Waals surface area contributed by atoms with E-state index in [-0.39, 0.29) is 15.9 Å². The largest absolute Gasteiger partial charge is 0.332 e. The third-order valence-corrected chi connectivity index (χ3v) is 6.55. The van der Waals surface area contributed by atoms with Crippen LogP contribution >= 0.6 is 12.2 Å². The van der Waals surface area contributed by atoms with Crippen LogP contribution in [0.25, 0.3) is 0 Å². The molecule has 162 valence electrons. The molecule has 0 saturated carbocycles. The van der Waals surface area contributed by atoms with Crippen LogP contribution in [0.15, 0.2) is 59.5 Å². The van der Waals surface area contributed by atoms with Gasteiger partial charge in [-0.25, -0.2) is 8.42 Å². The van der Waals surface area contributed by atoms with Crippen molar-refractivity contribution in [2.75, 3.05) is 18.4 Å². The Hall–Kier alpha value is -2.29. The van der Waals surface area contributed by atoms with Gasteiger partial charge in [0.2, 0.25) is 15.9 Å². The number of aryl methyl sites for hydroxylation is 1. The molecular formula is C22H29N3O3S2. The Balaban J connectivity index is 1.91. The van der Waals surface area contributed by atoms with E-state index in [1.54, 1.807) is 24.3 Å². The fourth-order valence-corrected chi connectivity index (χ4v) is 4.82. The van der Waals surface area contributed by atoms with E-state index in [0.717, 1.165) is 18.4 Å². The van der Waals surface area contributed by atoms with E-state index in [2.05, 4.69) is 10.6 Å². The summed E-state index contributed by atoms with van der Waals surface area (Å²) in [5.41, 5.74) is 1.70. The molecule has 1 amide bonds. The van der Waals surface area contributed by atoms with Crippen molar-refractivity contribution in [1.82, 2.24) is 9.62 Å². The fraction of sp³-hybridized carbons (Fsp3) is 0.364. The minimum atomic E-state index is -3.52. The molecule has 0 atom stereocenters. The Morgan fingerprint density at radius 3 is 2.13 bits per heavy atom. The predicted molar refractivity (Wildman–Crippen MR) is 125 cm³/mol. The third kappa shape index (κ3) is 7.19. The van der Waals surface area contributed by atoms with E-state index < -0.39 is 10.0 Å². The van der Waals surface area contributed by atoms with Crippen molar-refractivity contribution in [2.45, 2.75) is 44.4 Å².